The molecule has 0 atom stereocenters. The van der Waals surface area contributed by atoms with Crippen molar-refractivity contribution in [3.05, 3.63) is 71.0 Å². The van der Waals surface area contributed by atoms with Gasteiger partial charge < -0.3 is 10.6 Å². The minimum atomic E-state index is -2.17. The molecule has 0 fully saturated rings. The molecule has 4 rings (SSSR count). The molecule has 7 heteroatoms. The highest BCUT2D eigenvalue weighted by atomic mass is 19.2. The van der Waals surface area contributed by atoms with Gasteiger partial charge in [-0.15, -0.1) is 0 Å². The van der Waals surface area contributed by atoms with Crippen LogP contribution >= 0.6 is 0 Å². The van der Waals surface area contributed by atoms with Crippen LogP contribution in [0.2, 0.25) is 0 Å². The van der Waals surface area contributed by atoms with E-state index in [1.807, 2.05) is 12.1 Å². The molecule has 0 bridgehead atoms. The molecule has 24 heavy (non-hydrogen) atoms. The molecular formula is C17H9F5N2. The van der Waals surface area contributed by atoms with Gasteiger partial charge in [-0.3, -0.25) is 0 Å². The van der Waals surface area contributed by atoms with Gasteiger partial charge in [0.15, 0.2) is 23.3 Å². The van der Waals surface area contributed by atoms with E-state index >= 15 is 0 Å². The first kappa shape index (κ1) is 14.7. The summed E-state index contributed by atoms with van der Waals surface area (Å²) in [7, 11) is 0. The highest BCUT2D eigenvalue weighted by molar-refractivity contribution is 6.04. The topological polar surface area (TPSA) is 24.1 Å². The predicted octanol–water partition coefficient (Wildman–Crippen LogP) is 5.07. The Bertz CT molecular complexity index is 917. The highest BCUT2D eigenvalue weighted by Crippen LogP contribution is 2.40. The third-order valence-electron chi connectivity index (χ3n) is 4.04. The SMILES string of the molecule is Fc1c(F)c(F)c(C2Nc3cccc4cccc(c34)N2)c(F)c1F. The molecule has 2 nitrogen and oxygen atoms in total. The first-order valence-corrected chi connectivity index (χ1v) is 7.05. The van der Waals surface area contributed by atoms with Crippen LogP contribution in [-0.2, 0) is 0 Å². The monoisotopic (exact) mass is 336 g/mol. The normalized spacial score (nSPS) is 13.7. The van der Waals surface area contributed by atoms with Crippen molar-refractivity contribution in [1.29, 1.82) is 0 Å². The number of hydrogen-bond donors (Lipinski definition) is 2. The molecule has 1 aliphatic rings. The van der Waals surface area contributed by atoms with Gasteiger partial charge in [0.2, 0.25) is 5.82 Å². The van der Waals surface area contributed by atoms with Crippen LogP contribution in [0.25, 0.3) is 10.8 Å². The largest absolute Gasteiger partial charge is 0.361 e. The van der Waals surface area contributed by atoms with Crippen LogP contribution in [-0.4, -0.2) is 0 Å². The smallest absolute Gasteiger partial charge is 0.200 e. The summed E-state index contributed by atoms with van der Waals surface area (Å²) in [5, 5.41) is 7.23. The molecule has 0 saturated carbocycles. The first-order chi connectivity index (χ1) is 11.5. The summed E-state index contributed by atoms with van der Waals surface area (Å²) < 4.78 is 68.3. The summed E-state index contributed by atoms with van der Waals surface area (Å²) in [5.41, 5.74) is 0.129. The van der Waals surface area contributed by atoms with Crippen LogP contribution in [0.1, 0.15) is 11.7 Å². The second kappa shape index (κ2) is 5.09. The van der Waals surface area contributed by atoms with E-state index in [9.17, 15) is 22.0 Å². The van der Waals surface area contributed by atoms with Gasteiger partial charge in [0, 0.05) is 16.8 Å². The fourth-order valence-corrected chi connectivity index (χ4v) is 2.95. The lowest BCUT2D eigenvalue weighted by Crippen LogP contribution is -2.27. The van der Waals surface area contributed by atoms with Crippen LogP contribution in [0.15, 0.2) is 36.4 Å². The zero-order valence-electron chi connectivity index (χ0n) is 11.9. The van der Waals surface area contributed by atoms with Crippen molar-refractivity contribution in [3.63, 3.8) is 0 Å². The maximum atomic E-state index is 14.1. The molecule has 0 saturated heterocycles. The molecular weight excluding hydrogens is 327 g/mol. The molecule has 0 spiro atoms. The van der Waals surface area contributed by atoms with Crippen molar-refractivity contribution >= 4 is 22.1 Å². The first-order valence-electron chi connectivity index (χ1n) is 7.05. The molecule has 0 unspecified atom stereocenters. The summed E-state index contributed by atoms with van der Waals surface area (Å²) in [6.07, 6.45) is -1.30. The maximum Gasteiger partial charge on any atom is 0.200 e. The van der Waals surface area contributed by atoms with Gasteiger partial charge in [0.05, 0.1) is 5.56 Å². The zero-order chi connectivity index (χ0) is 17.0. The van der Waals surface area contributed by atoms with Crippen molar-refractivity contribution in [2.24, 2.45) is 0 Å². The van der Waals surface area contributed by atoms with E-state index in [4.69, 9.17) is 0 Å². The molecule has 0 radical (unpaired) electrons. The summed E-state index contributed by atoms with van der Waals surface area (Å²) in [6.45, 7) is 0. The number of anilines is 2. The number of halogens is 5. The molecule has 3 aromatic rings. The van der Waals surface area contributed by atoms with Crippen LogP contribution in [0.4, 0.5) is 33.3 Å². The van der Waals surface area contributed by atoms with E-state index in [1.54, 1.807) is 24.3 Å². The van der Waals surface area contributed by atoms with E-state index < -0.39 is 40.8 Å². The Morgan fingerprint density at radius 1 is 0.625 bits per heavy atom. The Balaban J connectivity index is 1.90. The molecule has 0 aliphatic carbocycles. The van der Waals surface area contributed by atoms with Crippen LogP contribution in [0.5, 0.6) is 0 Å². The summed E-state index contributed by atoms with van der Waals surface area (Å²) in [4.78, 5) is 0. The van der Waals surface area contributed by atoms with Gasteiger partial charge >= 0.3 is 0 Å². The average molecular weight is 336 g/mol. The fourth-order valence-electron chi connectivity index (χ4n) is 2.95. The molecule has 2 N–H and O–H groups in total. The van der Waals surface area contributed by atoms with Crippen molar-refractivity contribution < 1.29 is 22.0 Å². The Morgan fingerprint density at radius 2 is 1.08 bits per heavy atom. The van der Waals surface area contributed by atoms with E-state index in [0.717, 1.165) is 10.8 Å². The maximum absolute atomic E-state index is 14.1. The summed E-state index contributed by atoms with van der Waals surface area (Å²) >= 11 is 0. The Hall–Kier alpha value is -2.83. The van der Waals surface area contributed by atoms with Crippen LogP contribution < -0.4 is 10.6 Å². The fraction of sp³-hybridized carbons (Fsp3) is 0.0588. The lowest BCUT2D eigenvalue weighted by atomic mass is 10.0. The second-order valence-corrected chi connectivity index (χ2v) is 5.41. The molecule has 0 aromatic heterocycles. The number of benzene rings is 3. The molecule has 1 heterocycles. The lowest BCUT2D eigenvalue weighted by Gasteiger charge is -2.30. The number of rotatable bonds is 1. The Kier molecular flexibility index (Phi) is 3.13. The van der Waals surface area contributed by atoms with Crippen LogP contribution in [0, 0.1) is 29.1 Å². The van der Waals surface area contributed by atoms with E-state index in [2.05, 4.69) is 10.6 Å². The standard InChI is InChI=1S/C17H9F5N2/c18-12-11(13(19)15(21)16(22)14(12)20)17-23-8-5-1-3-7-4-2-6-9(24-17)10(7)8/h1-6,17,23-24H. The second-order valence-electron chi connectivity index (χ2n) is 5.41. The lowest BCUT2D eigenvalue weighted by molar-refractivity contribution is 0.367. The predicted molar refractivity (Wildman–Crippen MR) is 80.2 cm³/mol. The van der Waals surface area contributed by atoms with Gasteiger partial charge in [-0.1, -0.05) is 24.3 Å². The summed E-state index contributed by atoms with van der Waals surface area (Å²) in [6, 6.07) is 10.5. The van der Waals surface area contributed by atoms with Gasteiger partial charge in [-0.2, -0.15) is 0 Å². The molecule has 3 aromatic carbocycles. The van der Waals surface area contributed by atoms with Gasteiger partial charge in [-0.05, 0) is 17.5 Å². The summed E-state index contributed by atoms with van der Waals surface area (Å²) in [5.74, 6) is -9.83. The van der Waals surface area contributed by atoms with E-state index in [0.29, 0.717) is 11.4 Å². The highest BCUT2D eigenvalue weighted by Gasteiger charge is 2.32. The molecule has 122 valence electrons. The van der Waals surface area contributed by atoms with Crippen molar-refractivity contribution in [2.75, 3.05) is 10.6 Å². The third kappa shape index (κ3) is 1.94. The number of nitrogens with one attached hydrogen (secondary N) is 2. The zero-order valence-corrected chi connectivity index (χ0v) is 11.9. The minimum absolute atomic E-state index is 0.538. The van der Waals surface area contributed by atoms with Crippen LogP contribution in [0.3, 0.4) is 0 Å². The van der Waals surface area contributed by atoms with Gasteiger partial charge in [0.1, 0.15) is 6.17 Å². The van der Waals surface area contributed by atoms with E-state index in [-0.39, 0.29) is 0 Å². The number of hydrogen-bond acceptors (Lipinski definition) is 2. The Labute approximate surface area is 132 Å². The van der Waals surface area contributed by atoms with Gasteiger partial charge in [-0.25, -0.2) is 22.0 Å². The van der Waals surface area contributed by atoms with Crippen molar-refractivity contribution in [3.8, 4) is 0 Å². The quantitative estimate of drug-likeness (QED) is 0.368. The van der Waals surface area contributed by atoms with E-state index in [1.165, 1.54) is 0 Å². The van der Waals surface area contributed by atoms with Gasteiger partial charge in [0.25, 0.3) is 0 Å². The molecule has 1 aliphatic heterocycles. The van der Waals surface area contributed by atoms with Crippen molar-refractivity contribution in [1.82, 2.24) is 0 Å². The Morgan fingerprint density at radius 3 is 1.58 bits per heavy atom. The average Bonchev–Trinajstić information content (AvgIpc) is 2.59. The minimum Gasteiger partial charge on any atom is -0.361 e. The third-order valence-corrected chi connectivity index (χ3v) is 4.04. The molecule has 0 amide bonds. The van der Waals surface area contributed by atoms with Crippen molar-refractivity contribution in [2.45, 2.75) is 6.17 Å².